The summed E-state index contributed by atoms with van der Waals surface area (Å²) in [6.45, 7) is 4.06. The van der Waals surface area contributed by atoms with Crippen molar-refractivity contribution >= 4 is 17.6 Å². The predicted molar refractivity (Wildman–Crippen MR) is 69.1 cm³/mol. The molecule has 5 heteroatoms. The van der Waals surface area contributed by atoms with Gasteiger partial charge in [-0.2, -0.15) is 0 Å². The average Bonchev–Trinajstić information content (AvgIpc) is 2.25. The fourth-order valence-electron chi connectivity index (χ4n) is 1.64. The van der Waals surface area contributed by atoms with E-state index in [1.807, 2.05) is 13.8 Å². The standard InChI is InChI=1S/C13H17ClFNO2/c1-8(2)5-12(13(17)18)16-7-9-3-4-10(14)6-11(9)15/h3-4,6,8,12,16H,5,7H2,1-2H3,(H,17,18)/t12-/m1/s1. The third-order valence-electron chi connectivity index (χ3n) is 2.56. The summed E-state index contributed by atoms with van der Waals surface area (Å²) in [6, 6.07) is 3.69. The van der Waals surface area contributed by atoms with Crippen LogP contribution in [0.15, 0.2) is 18.2 Å². The quantitative estimate of drug-likeness (QED) is 0.837. The van der Waals surface area contributed by atoms with Gasteiger partial charge in [0.15, 0.2) is 0 Å². The number of hydrogen-bond donors (Lipinski definition) is 2. The van der Waals surface area contributed by atoms with Crippen LogP contribution in [-0.2, 0) is 11.3 Å². The summed E-state index contributed by atoms with van der Waals surface area (Å²) in [5.74, 6) is -1.09. The molecule has 100 valence electrons. The highest BCUT2D eigenvalue weighted by Crippen LogP contribution is 2.15. The Balaban J connectivity index is 2.64. The zero-order valence-electron chi connectivity index (χ0n) is 10.4. The van der Waals surface area contributed by atoms with E-state index in [0.717, 1.165) is 0 Å². The van der Waals surface area contributed by atoms with Crippen molar-refractivity contribution in [1.82, 2.24) is 5.32 Å². The second-order valence-electron chi connectivity index (χ2n) is 4.64. The molecule has 0 amide bonds. The number of hydrogen-bond acceptors (Lipinski definition) is 2. The van der Waals surface area contributed by atoms with Gasteiger partial charge in [-0.15, -0.1) is 0 Å². The van der Waals surface area contributed by atoms with Crippen LogP contribution in [0.1, 0.15) is 25.8 Å². The molecule has 3 nitrogen and oxygen atoms in total. The minimum Gasteiger partial charge on any atom is -0.480 e. The lowest BCUT2D eigenvalue weighted by Crippen LogP contribution is -2.37. The van der Waals surface area contributed by atoms with Crippen molar-refractivity contribution in [2.75, 3.05) is 0 Å². The molecular formula is C13H17ClFNO2. The van der Waals surface area contributed by atoms with Gasteiger partial charge in [0.25, 0.3) is 0 Å². The maximum atomic E-state index is 13.5. The summed E-state index contributed by atoms with van der Waals surface area (Å²) in [5.41, 5.74) is 0.411. The van der Waals surface area contributed by atoms with Gasteiger partial charge in [0.1, 0.15) is 11.9 Å². The van der Waals surface area contributed by atoms with Crippen molar-refractivity contribution < 1.29 is 14.3 Å². The van der Waals surface area contributed by atoms with Crippen LogP contribution < -0.4 is 5.32 Å². The average molecular weight is 274 g/mol. The number of nitrogens with one attached hydrogen (secondary N) is 1. The van der Waals surface area contributed by atoms with E-state index in [9.17, 15) is 9.18 Å². The fourth-order valence-corrected chi connectivity index (χ4v) is 1.80. The van der Waals surface area contributed by atoms with Gasteiger partial charge < -0.3 is 10.4 Å². The molecule has 2 N–H and O–H groups in total. The molecule has 0 aliphatic heterocycles. The number of carboxylic acids is 1. The number of carbonyl (C=O) groups is 1. The van der Waals surface area contributed by atoms with Crippen LogP contribution in [0.25, 0.3) is 0 Å². The minimum atomic E-state index is -0.918. The second kappa shape index (κ2) is 6.71. The minimum absolute atomic E-state index is 0.173. The fraction of sp³-hybridized carbons (Fsp3) is 0.462. The molecule has 0 fully saturated rings. The molecule has 1 atom stereocenters. The summed E-state index contributed by atoms with van der Waals surface area (Å²) in [7, 11) is 0. The number of rotatable bonds is 6. The van der Waals surface area contributed by atoms with Gasteiger partial charge >= 0.3 is 5.97 Å². The Bertz CT molecular complexity index is 423. The van der Waals surface area contributed by atoms with Gasteiger partial charge in [-0.3, -0.25) is 4.79 Å². The van der Waals surface area contributed by atoms with E-state index >= 15 is 0 Å². The Kier molecular flexibility index (Phi) is 5.56. The number of aliphatic carboxylic acids is 1. The molecule has 0 aliphatic rings. The Labute approximate surface area is 111 Å². The van der Waals surface area contributed by atoms with Gasteiger partial charge in [0.2, 0.25) is 0 Å². The molecular weight excluding hydrogens is 257 g/mol. The van der Waals surface area contributed by atoms with Gasteiger partial charge in [-0.05, 0) is 24.5 Å². The van der Waals surface area contributed by atoms with Crippen LogP contribution in [0.3, 0.4) is 0 Å². The van der Waals surface area contributed by atoms with Crippen molar-refractivity contribution in [3.05, 3.63) is 34.6 Å². The lowest BCUT2D eigenvalue weighted by atomic mass is 10.0. The van der Waals surface area contributed by atoms with E-state index < -0.39 is 17.8 Å². The molecule has 0 unspecified atom stereocenters. The first-order chi connectivity index (χ1) is 8.40. The topological polar surface area (TPSA) is 49.3 Å². The molecule has 1 rings (SSSR count). The molecule has 0 spiro atoms. The van der Waals surface area contributed by atoms with Gasteiger partial charge in [-0.1, -0.05) is 31.5 Å². The Hall–Kier alpha value is -1.13. The van der Waals surface area contributed by atoms with Gasteiger partial charge in [0.05, 0.1) is 0 Å². The third-order valence-corrected chi connectivity index (χ3v) is 2.79. The van der Waals surface area contributed by atoms with Crippen LogP contribution in [0.5, 0.6) is 0 Å². The highest BCUT2D eigenvalue weighted by molar-refractivity contribution is 6.30. The van der Waals surface area contributed by atoms with Crippen molar-refractivity contribution in [3.8, 4) is 0 Å². The molecule has 0 heterocycles. The zero-order chi connectivity index (χ0) is 13.7. The largest absolute Gasteiger partial charge is 0.480 e. The van der Waals surface area contributed by atoms with Crippen LogP contribution in [-0.4, -0.2) is 17.1 Å². The second-order valence-corrected chi connectivity index (χ2v) is 5.07. The molecule has 0 radical (unpaired) electrons. The summed E-state index contributed by atoms with van der Waals surface area (Å²) >= 11 is 5.64. The van der Waals surface area contributed by atoms with Crippen molar-refractivity contribution in [2.45, 2.75) is 32.9 Å². The lowest BCUT2D eigenvalue weighted by Gasteiger charge is -2.16. The van der Waals surface area contributed by atoms with Gasteiger partial charge in [0, 0.05) is 17.1 Å². The molecule has 0 aromatic heterocycles. The van der Waals surface area contributed by atoms with Crippen LogP contribution in [0.2, 0.25) is 5.02 Å². The Morgan fingerprint density at radius 2 is 2.17 bits per heavy atom. The first-order valence-corrected chi connectivity index (χ1v) is 6.18. The molecule has 0 bridgehead atoms. The predicted octanol–water partition coefficient (Wildman–Crippen LogP) is 3.07. The third kappa shape index (κ3) is 4.63. The SMILES string of the molecule is CC(C)C[C@@H](NCc1ccc(Cl)cc1F)C(=O)O. The van der Waals surface area contributed by atoms with E-state index in [0.29, 0.717) is 17.0 Å². The monoisotopic (exact) mass is 273 g/mol. The first-order valence-electron chi connectivity index (χ1n) is 5.80. The molecule has 0 saturated heterocycles. The van der Waals surface area contributed by atoms with Crippen LogP contribution in [0.4, 0.5) is 4.39 Å². The summed E-state index contributed by atoms with van der Waals surface area (Å²) in [5, 5.41) is 12.2. The van der Waals surface area contributed by atoms with Crippen molar-refractivity contribution in [2.24, 2.45) is 5.92 Å². The maximum Gasteiger partial charge on any atom is 0.320 e. The highest BCUT2D eigenvalue weighted by atomic mass is 35.5. The maximum absolute atomic E-state index is 13.5. The highest BCUT2D eigenvalue weighted by Gasteiger charge is 2.18. The smallest absolute Gasteiger partial charge is 0.320 e. The summed E-state index contributed by atoms with van der Waals surface area (Å²) < 4.78 is 13.5. The summed E-state index contributed by atoms with van der Waals surface area (Å²) in [4.78, 5) is 11.0. The van der Waals surface area contributed by atoms with Gasteiger partial charge in [-0.25, -0.2) is 4.39 Å². The number of benzene rings is 1. The zero-order valence-corrected chi connectivity index (χ0v) is 11.2. The Morgan fingerprint density at radius 3 is 2.67 bits per heavy atom. The Morgan fingerprint density at radius 1 is 1.50 bits per heavy atom. The number of carboxylic acid groups (broad SMARTS) is 1. The molecule has 0 aliphatic carbocycles. The first kappa shape index (κ1) is 14.9. The normalized spacial score (nSPS) is 12.7. The molecule has 0 saturated carbocycles. The summed E-state index contributed by atoms with van der Waals surface area (Å²) in [6.07, 6.45) is 0.505. The van der Waals surface area contributed by atoms with Crippen LogP contribution in [0, 0.1) is 11.7 Å². The molecule has 1 aromatic rings. The van der Waals surface area contributed by atoms with E-state index in [1.54, 1.807) is 12.1 Å². The van der Waals surface area contributed by atoms with Crippen molar-refractivity contribution in [1.29, 1.82) is 0 Å². The lowest BCUT2D eigenvalue weighted by molar-refractivity contribution is -0.140. The van der Waals surface area contributed by atoms with Crippen LogP contribution >= 0.6 is 11.6 Å². The van der Waals surface area contributed by atoms with E-state index in [2.05, 4.69) is 5.32 Å². The van der Waals surface area contributed by atoms with Crippen molar-refractivity contribution in [3.63, 3.8) is 0 Å². The molecule has 1 aromatic carbocycles. The van der Waals surface area contributed by atoms with E-state index in [4.69, 9.17) is 16.7 Å². The molecule has 18 heavy (non-hydrogen) atoms. The van der Waals surface area contributed by atoms with E-state index in [-0.39, 0.29) is 12.5 Å². The number of halogens is 2. The van der Waals surface area contributed by atoms with E-state index in [1.165, 1.54) is 6.07 Å².